The first-order valence-electron chi connectivity index (χ1n) is 6.57. The van der Waals surface area contributed by atoms with E-state index in [1.807, 2.05) is 0 Å². The van der Waals surface area contributed by atoms with Crippen LogP contribution in [0.1, 0.15) is 19.3 Å². The van der Waals surface area contributed by atoms with Crippen LogP contribution in [0, 0.1) is 5.92 Å². The van der Waals surface area contributed by atoms with Gasteiger partial charge >= 0.3 is 0 Å². The van der Waals surface area contributed by atoms with Crippen LogP contribution in [0.4, 0.5) is 0 Å². The highest BCUT2D eigenvalue weighted by molar-refractivity contribution is 9.10. The second-order valence-electron chi connectivity index (χ2n) is 5.05. The van der Waals surface area contributed by atoms with E-state index in [2.05, 4.69) is 31.9 Å². The van der Waals surface area contributed by atoms with Gasteiger partial charge in [-0.1, -0.05) is 55.1 Å². The van der Waals surface area contributed by atoms with Crippen LogP contribution in [0.2, 0.25) is 10.0 Å². The lowest BCUT2D eigenvalue weighted by Crippen LogP contribution is -2.40. The lowest BCUT2D eigenvalue weighted by Gasteiger charge is -2.32. The van der Waals surface area contributed by atoms with Crippen molar-refractivity contribution in [2.45, 2.75) is 24.2 Å². The van der Waals surface area contributed by atoms with E-state index in [1.54, 1.807) is 12.1 Å². The Kier molecular flexibility index (Phi) is 6.43. The van der Waals surface area contributed by atoms with E-state index in [-0.39, 0.29) is 14.9 Å². The van der Waals surface area contributed by atoms with Gasteiger partial charge in [0.25, 0.3) is 0 Å². The number of hydrogen-bond donors (Lipinski definition) is 0. The third kappa shape index (κ3) is 4.15. The summed E-state index contributed by atoms with van der Waals surface area (Å²) in [5, 5.41) is 1.18. The summed E-state index contributed by atoms with van der Waals surface area (Å²) in [6.45, 7) is 1.04. The van der Waals surface area contributed by atoms with Gasteiger partial charge in [-0.25, -0.2) is 8.42 Å². The molecule has 0 amide bonds. The Bertz CT molecular complexity index is 600. The zero-order chi connectivity index (χ0) is 15.6. The minimum Gasteiger partial charge on any atom is -0.207 e. The number of alkyl halides is 1. The highest BCUT2D eigenvalue weighted by atomic mass is 79.9. The minimum absolute atomic E-state index is 0.00789. The van der Waals surface area contributed by atoms with Gasteiger partial charge in [-0.15, -0.1) is 0 Å². The van der Waals surface area contributed by atoms with E-state index in [0.717, 1.165) is 24.6 Å². The monoisotopic (exact) mass is 477 g/mol. The van der Waals surface area contributed by atoms with Gasteiger partial charge < -0.3 is 0 Å². The van der Waals surface area contributed by atoms with Crippen molar-refractivity contribution in [3.05, 3.63) is 26.7 Å². The highest BCUT2D eigenvalue weighted by Gasteiger charge is 2.33. The average molecular weight is 480 g/mol. The summed E-state index contributed by atoms with van der Waals surface area (Å²) in [6, 6.07) is 3.11. The average Bonchev–Trinajstić information content (AvgIpc) is 2.37. The molecule has 1 saturated heterocycles. The fourth-order valence-corrected chi connectivity index (χ4v) is 6.63. The van der Waals surface area contributed by atoms with Crippen molar-refractivity contribution in [1.29, 1.82) is 0 Å². The van der Waals surface area contributed by atoms with Gasteiger partial charge in [-0.3, -0.25) is 0 Å². The predicted octanol–water partition coefficient (Wildman–Crippen LogP) is 4.94. The lowest BCUT2D eigenvalue weighted by atomic mass is 9.97. The highest BCUT2D eigenvalue weighted by Crippen LogP contribution is 2.36. The van der Waals surface area contributed by atoms with Crippen molar-refractivity contribution in [1.82, 2.24) is 4.31 Å². The molecule has 1 aliphatic heterocycles. The Morgan fingerprint density at radius 1 is 1.29 bits per heavy atom. The topological polar surface area (TPSA) is 37.4 Å². The van der Waals surface area contributed by atoms with Crippen LogP contribution in [0.15, 0.2) is 21.5 Å². The van der Waals surface area contributed by atoms with Crippen molar-refractivity contribution < 1.29 is 8.42 Å². The molecular formula is C13H15Br2Cl2NO2S. The Morgan fingerprint density at radius 2 is 1.90 bits per heavy atom. The number of sulfonamides is 1. The zero-order valence-corrected chi connectivity index (χ0v) is 16.7. The van der Waals surface area contributed by atoms with Crippen molar-refractivity contribution >= 4 is 65.1 Å². The van der Waals surface area contributed by atoms with Gasteiger partial charge in [-0.2, -0.15) is 4.31 Å². The molecule has 21 heavy (non-hydrogen) atoms. The summed E-state index contributed by atoms with van der Waals surface area (Å²) in [5.74, 6) is 0.376. The third-order valence-electron chi connectivity index (χ3n) is 3.56. The first-order chi connectivity index (χ1) is 9.86. The van der Waals surface area contributed by atoms with Crippen molar-refractivity contribution in [3.63, 3.8) is 0 Å². The molecule has 1 aromatic rings. The van der Waals surface area contributed by atoms with Crippen LogP contribution in [0.3, 0.4) is 0 Å². The number of piperidine rings is 1. The molecule has 118 valence electrons. The van der Waals surface area contributed by atoms with Crippen LogP contribution in [-0.2, 0) is 10.0 Å². The van der Waals surface area contributed by atoms with E-state index in [1.165, 1.54) is 4.31 Å². The van der Waals surface area contributed by atoms with E-state index in [9.17, 15) is 8.42 Å². The van der Waals surface area contributed by atoms with Gasteiger partial charge in [0.1, 0.15) is 4.90 Å². The summed E-state index contributed by atoms with van der Waals surface area (Å²) < 4.78 is 27.8. The number of halogens is 4. The van der Waals surface area contributed by atoms with Crippen LogP contribution in [-0.4, -0.2) is 31.1 Å². The maximum absolute atomic E-state index is 12.8. The van der Waals surface area contributed by atoms with E-state index >= 15 is 0 Å². The van der Waals surface area contributed by atoms with E-state index in [4.69, 9.17) is 23.2 Å². The fraction of sp³-hybridized carbons (Fsp3) is 0.538. The fourth-order valence-electron chi connectivity index (χ4n) is 2.54. The lowest BCUT2D eigenvalue weighted by molar-refractivity contribution is 0.263. The molecule has 1 atom stereocenters. The zero-order valence-electron chi connectivity index (χ0n) is 11.2. The Labute approximate surface area is 152 Å². The predicted molar refractivity (Wildman–Crippen MR) is 94.1 cm³/mol. The number of rotatable bonds is 4. The first kappa shape index (κ1) is 18.0. The molecular weight excluding hydrogens is 465 g/mol. The minimum atomic E-state index is -3.66. The first-order valence-corrected chi connectivity index (χ1v) is 10.7. The molecule has 1 unspecified atom stereocenters. The molecule has 0 bridgehead atoms. The SMILES string of the molecule is O=S(=O)(c1c(Cl)cc(Br)cc1Cl)N1CCCC(CCBr)C1. The molecule has 1 aliphatic rings. The second-order valence-corrected chi connectivity index (χ2v) is 9.45. The van der Waals surface area contributed by atoms with Crippen LogP contribution in [0.5, 0.6) is 0 Å². The summed E-state index contributed by atoms with van der Waals surface area (Å²) in [5.41, 5.74) is 0. The van der Waals surface area contributed by atoms with Gasteiger partial charge in [0, 0.05) is 22.9 Å². The molecule has 8 heteroatoms. The molecule has 1 heterocycles. The second kappa shape index (κ2) is 7.49. The molecule has 0 spiro atoms. The molecule has 0 radical (unpaired) electrons. The summed E-state index contributed by atoms with van der Waals surface area (Å²) >= 11 is 18.9. The quantitative estimate of drug-likeness (QED) is 0.573. The van der Waals surface area contributed by atoms with Crippen molar-refractivity contribution in [3.8, 4) is 0 Å². The molecule has 0 aromatic heterocycles. The normalized spacial score (nSPS) is 20.7. The summed E-state index contributed by atoms with van der Waals surface area (Å²) in [6.07, 6.45) is 2.88. The standard InChI is InChI=1S/C13H15Br2Cl2NO2S/c14-4-3-9-2-1-5-18(8-9)21(19,20)13-11(16)6-10(15)7-12(13)17/h6-7,9H,1-5,8H2. The van der Waals surface area contributed by atoms with Crippen LogP contribution < -0.4 is 0 Å². The van der Waals surface area contributed by atoms with Gasteiger partial charge in [0.15, 0.2) is 0 Å². The third-order valence-corrected chi connectivity index (χ3v) is 7.26. The van der Waals surface area contributed by atoms with Crippen molar-refractivity contribution in [2.75, 3.05) is 18.4 Å². The van der Waals surface area contributed by atoms with Gasteiger partial charge in [0.05, 0.1) is 10.0 Å². The summed E-state index contributed by atoms with van der Waals surface area (Å²) in [7, 11) is -3.66. The maximum Gasteiger partial charge on any atom is 0.246 e. The Balaban J connectivity index is 2.34. The Morgan fingerprint density at radius 3 is 2.48 bits per heavy atom. The smallest absolute Gasteiger partial charge is 0.207 e. The van der Waals surface area contributed by atoms with Gasteiger partial charge in [0.2, 0.25) is 10.0 Å². The molecule has 2 rings (SSSR count). The van der Waals surface area contributed by atoms with Crippen LogP contribution >= 0.6 is 55.1 Å². The van der Waals surface area contributed by atoms with Crippen molar-refractivity contribution in [2.24, 2.45) is 5.92 Å². The molecule has 0 N–H and O–H groups in total. The maximum atomic E-state index is 12.8. The molecule has 3 nitrogen and oxygen atoms in total. The molecule has 1 aromatic carbocycles. The van der Waals surface area contributed by atoms with Gasteiger partial charge in [-0.05, 0) is 37.3 Å². The largest absolute Gasteiger partial charge is 0.246 e. The Hall–Kier alpha value is 0.670. The molecule has 0 aliphatic carbocycles. The van der Waals surface area contributed by atoms with E-state index < -0.39 is 10.0 Å². The van der Waals surface area contributed by atoms with E-state index in [0.29, 0.717) is 23.5 Å². The summed E-state index contributed by atoms with van der Waals surface area (Å²) in [4.78, 5) is 0.00789. The molecule has 0 saturated carbocycles. The van der Waals surface area contributed by atoms with Crippen LogP contribution in [0.25, 0.3) is 0 Å². The number of hydrogen-bond acceptors (Lipinski definition) is 2. The molecule has 1 fully saturated rings. The number of nitrogens with zero attached hydrogens (tertiary/aromatic N) is 1. The number of benzene rings is 1.